The molecule has 1 aromatic rings. The monoisotopic (exact) mass is 252 g/mol. The second-order valence-corrected chi connectivity index (χ2v) is 5.59. The van der Waals surface area contributed by atoms with E-state index in [1.807, 2.05) is 32.3 Å². The Labute approximate surface area is 109 Å². The van der Waals surface area contributed by atoms with Gasteiger partial charge in [0.2, 0.25) is 0 Å². The van der Waals surface area contributed by atoms with Crippen LogP contribution < -0.4 is 0 Å². The molecule has 1 aromatic heterocycles. The smallest absolute Gasteiger partial charge is 0.354 e. The van der Waals surface area contributed by atoms with E-state index < -0.39 is 5.97 Å². The van der Waals surface area contributed by atoms with Crippen molar-refractivity contribution in [3.05, 3.63) is 17.2 Å². The molecule has 0 aliphatic carbocycles. The van der Waals surface area contributed by atoms with Crippen LogP contribution in [0.1, 0.15) is 69.5 Å². The average Bonchev–Trinajstić information content (AvgIpc) is 2.64. The van der Waals surface area contributed by atoms with Gasteiger partial charge in [-0.1, -0.05) is 20.3 Å². The summed E-state index contributed by atoms with van der Waals surface area (Å²) in [6.07, 6.45) is 3.62. The van der Waals surface area contributed by atoms with E-state index in [-0.39, 0.29) is 5.54 Å². The summed E-state index contributed by atoms with van der Waals surface area (Å²) in [6, 6.07) is 0. The van der Waals surface area contributed by atoms with Gasteiger partial charge in [-0.05, 0) is 33.6 Å². The molecule has 0 aliphatic heterocycles. The van der Waals surface area contributed by atoms with E-state index in [2.05, 4.69) is 11.9 Å². The molecule has 0 bridgehead atoms. The van der Waals surface area contributed by atoms with Crippen LogP contribution in [0.15, 0.2) is 0 Å². The van der Waals surface area contributed by atoms with Crippen LogP contribution in [0.25, 0.3) is 0 Å². The van der Waals surface area contributed by atoms with Gasteiger partial charge in [0.25, 0.3) is 0 Å². The highest BCUT2D eigenvalue weighted by Crippen LogP contribution is 2.24. The van der Waals surface area contributed by atoms with Crippen molar-refractivity contribution in [1.29, 1.82) is 0 Å². The minimum Gasteiger partial charge on any atom is -0.477 e. The number of carboxylic acid groups (broad SMARTS) is 1. The number of nitrogens with zero attached hydrogens (tertiary/aromatic N) is 2. The lowest BCUT2D eigenvalue weighted by Crippen LogP contribution is -2.28. The van der Waals surface area contributed by atoms with Gasteiger partial charge < -0.3 is 9.67 Å². The third-order valence-corrected chi connectivity index (χ3v) is 2.98. The molecule has 0 spiro atoms. The fourth-order valence-electron chi connectivity index (χ4n) is 2.21. The molecule has 1 N–H and O–H groups in total. The fraction of sp³-hybridized carbons (Fsp3) is 0.714. The number of imidazole rings is 1. The Morgan fingerprint density at radius 3 is 2.33 bits per heavy atom. The zero-order valence-electron chi connectivity index (χ0n) is 12.1. The summed E-state index contributed by atoms with van der Waals surface area (Å²) < 4.78 is 1.89. The fourth-order valence-corrected chi connectivity index (χ4v) is 2.21. The summed E-state index contributed by atoms with van der Waals surface area (Å²) in [5.41, 5.74) is 0.802. The molecule has 0 radical (unpaired) electrons. The molecule has 0 unspecified atom stereocenters. The van der Waals surface area contributed by atoms with Crippen LogP contribution >= 0.6 is 0 Å². The normalized spacial score (nSPS) is 11.8. The van der Waals surface area contributed by atoms with Crippen molar-refractivity contribution >= 4 is 5.97 Å². The maximum absolute atomic E-state index is 11.5. The Morgan fingerprint density at radius 2 is 1.94 bits per heavy atom. The van der Waals surface area contributed by atoms with Crippen molar-refractivity contribution in [2.45, 2.75) is 65.8 Å². The van der Waals surface area contributed by atoms with Gasteiger partial charge in [-0.2, -0.15) is 0 Å². The van der Waals surface area contributed by atoms with Crippen molar-refractivity contribution in [2.75, 3.05) is 0 Å². The predicted octanol–water partition coefficient (Wildman–Crippen LogP) is 3.24. The lowest BCUT2D eigenvalue weighted by Gasteiger charge is -2.25. The molecule has 0 amide bonds. The van der Waals surface area contributed by atoms with Crippen LogP contribution in [0.4, 0.5) is 0 Å². The quantitative estimate of drug-likeness (QED) is 0.875. The van der Waals surface area contributed by atoms with Gasteiger partial charge in [0.15, 0.2) is 5.69 Å². The van der Waals surface area contributed by atoms with E-state index >= 15 is 0 Å². The molecule has 0 fully saturated rings. The molecule has 102 valence electrons. The Kier molecular flexibility index (Phi) is 4.54. The first-order chi connectivity index (χ1) is 8.32. The summed E-state index contributed by atoms with van der Waals surface area (Å²) in [4.78, 5) is 16.0. The minimum absolute atomic E-state index is 0.253. The number of carbonyl (C=O) groups is 1. The molecule has 0 saturated heterocycles. The number of rotatable bonds is 5. The van der Waals surface area contributed by atoms with Crippen molar-refractivity contribution in [1.82, 2.24) is 9.55 Å². The molecule has 0 atom stereocenters. The van der Waals surface area contributed by atoms with Gasteiger partial charge in [-0.3, -0.25) is 0 Å². The van der Waals surface area contributed by atoms with E-state index in [0.717, 1.165) is 25.1 Å². The third-order valence-electron chi connectivity index (χ3n) is 2.98. The number of aromatic nitrogens is 2. The zero-order valence-corrected chi connectivity index (χ0v) is 12.1. The molecule has 4 heteroatoms. The van der Waals surface area contributed by atoms with E-state index in [4.69, 9.17) is 0 Å². The summed E-state index contributed by atoms with van der Waals surface area (Å²) in [6.45, 7) is 10.1. The van der Waals surface area contributed by atoms with E-state index in [0.29, 0.717) is 17.8 Å². The molecule has 4 nitrogen and oxygen atoms in total. The van der Waals surface area contributed by atoms with Crippen LogP contribution in [0.3, 0.4) is 0 Å². The molecule has 0 saturated carbocycles. The minimum atomic E-state index is -0.878. The first-order valence-corrected chi connectivity index (χ1v) is 6.67. The van der Waals surface area contributed by atoms with E-state index in [1.54, 1.807) is 0 Å². The highest BCUT2D eigenvalue weighted by molar-refractivity contribution is 5.87. The summed E-state index contributed by atoms with van der Waals surface area (Å²) in [5, 5.41) is 9.42. The Balaban J connectivity index is 3.38. The maximum atomic E-state index is 11.5. The van der Waals surface area contributed by atoms with Crippen LogP contribution in [-0.2, 0) is 18.4 Å². The molecule has 1 heterocycles. The maximum Gasteiger partial charge on any atom is 0.354 e. The average molecular weight is 252 g/mol. The molecular formula is C14H24N2O2. The van der Waals surface area contributed by atoms with Crippen LogP contribution in [0.2, 0.25) is 0 Å². The number of aromatic carboxylic acids is 1. The number of carboxylic acids is 1. The van der Waals surface area contributed by atoms with E-state index in [9.17, 15) is 9.90 Å². The number of hydrogen-bond acceptors (Lipinski definition) is 2. The molecule has 18 heavy (non-hydrogen) atoms. The third kappa shape index (κ3) is 2.92. The molecule has 0 aliphatic rings. The standard InChI is InChI=1S/C14H24N2O2/c1-6-8-9-11-15-10(7-2)12(13(17)18)16(11)14(3,4)5/h6-9H2,1-5H3,(H,17,18). The Bertz CT molecular complexity index is 428. The van der Waals surface area contributed by atoms with Crippen molar-refractivity contribution in [3.8, 4) is 0 Å². The van der Waals surface area contributed by atoms with Gasteiger partial charge in [0.1, 0.15) is 5.82 Å². The number of aryl methyl sites for hydroxylation is 2. The number of unbranched alkanes of at least 4 members (excludes halogenated alkanes) is 1. The highest BCUT2D eigenvalue weighted by atomic mass is 16.4. The molecular weight excluding hydrogens is 228 g/mol. The first kappa shape index (κ1) is 14.7. The SMILES string of the molecule is CCCCc1nc(CC)c(C(=O)O)n1C(C)(C)C. The largest absolute Gasteiger partial charge is 0.477 e. The van der Waals surface area contributed by atoms with Crippen molar-refractivity contribution in [2.24, 2.45) is 0 Å². The lowest BCUT2D eigenvalue weighted by atomic mass is 10.1. The lowest BCUT2D eigenvalue weighted by molar-refractivity contribution is 0.0676. The van der Waals surface area contributed by atoms with Crippen molar-refractivity contribution < 1.29 is 9.90 Å². The van der Waals surface area contributed by atoms with Crippen LogP contribution in [-0.4, -0.2) is 20.6 Å². The Hall–Kier alpha value is -1.32. The second-order valence-electron chi connectivity index (χ2n) is 5.59. The van der Waals surface area contributed by atoms with E-state index in [1.165, 1.54) is 0 Å². The van der Waals surface area contributed by atoms with Crippen molar-refractivity contribution in [3.63, 3.8) is 0 Å². The highest BCUT2D eigenvalue weighted by Gasteiger charge is 2.28. The van der Waals surface area contributed by atoms with Gasteiger partial charge in [-0.15, -0.1) is 0 Å². The predicted molar refractivity (Wildman–Crippen MR) is 72.2 cm³/mol. The summed E-state index contributed by atoms with van der Waals surface area (Å²) in [5.74, 6) is 0.0237. The van der Waals surface area contributed by atoms with Gasteiger partial charge >= 0.3 is 5.97 Å². The first-order valence-electron chi connectivity index (χ1n) is 6.67. The van der Waals surface area contributed by atoms with Crippen LogP contribution in [0, 0.1) is 0 Å². The number of hydrogen-bond donors (Lipinski definition) is 1. The van der Waals surface area contributed by atoms with Gasteiger partial charge in [-0.25, -0.2) is 9.78 Å². The second kappa shape index (κ2) is 5.55. The zero-order chi connectivity index (χ0) is 13.9. The van der Waals surface area contributed by atoms with Crippen LogP contribution in [0.5, 0.6) is 0 Å². The summed E-state index contributed by atoms with van der Waals surface area (Å²) in [7, 11) is 0. The van der Waals surface area contributed by atoms with Gasteiger partial charge in [0.05, 0.1) is 5.69 Å². The summed E-state index contributed by atoms with van der Waals surface area (Å²) >= 11 is 0. The molecule has 0 aromatic carbocycles. The Morgan fingerprint density at radius 1 is 1.33 bits per heavy atom. The van der Waals surface area contributed by atoms with Gasteiger partial charge in [0, 0.05) is 12.0 Å². The molecule has 1 rings (SSSR count). The topological polar surface area (TPSA) is 55.1 Å².